The smallest absolute Gasteiger partial charge is 0.240 e. The molecule has 0 atom stereocenters. The molecule has 0 spiro atoms. The summed E-state index contributed by atoms with van der Waals surface area (Å²) < 4.78 is 4.89. The summed E-state index contributed by atoms with van der Waals surface area (Å²) in [5, 5.41) is 12.2. The molecule has 1 fully saturated rings. The van der Waals surface area contributed by atoms with E-state index in [1.165, 1.54) is 0 Å². The molecular weight excluding hydrogens is 154 g/mol. The maximum atomic E-state index is 8.37. The molecule has 4 nitrogen and oxygen atoms in total. The van der Waals surface area contributed by atoms with Gasteiger partial charge in [0.2, 0.25) is 5.89 Å². The van der Waals surface area contributed by atoms with E-state index in [-0.39, 0.29) is 11.8 Å². The number of aromatic nitrogens is 2. The summed E-state index contributed by atoms with van der Waals surface area (Å²) in [6.45, 7) is 2.11. The van der Waals surface area contributed by atoms with E-state index < -0.39 is 0 Å². The molecule has 0 amide bonds. The molecule has 2 rings (SSSR count). The van der Waals surface area contributed by atoms with Crippen LogP contribution in [0.4, 0.5) is 0 Å². The Morgan fingerprint density at radius 2 is 2.42 bits per heavy atom. The van der Waals surface area contributed by atoms with Crippen molar-refractivity contribution in [2.24, 2.45) is 0 Å². The second kappa shape index (κ2) is 2.31. The van der Waals surface area contributed by atoms with Crippen LogP contribution in [0.2, 0.25) is 0 Å². The zero-order valence-electron chi connectivity index (χ0n) is 6.87. The van der Waals surface area contributed by atoms with Crippen LogP contribution in [0, 0.1) is 11.3 Å². The minimum Gasteiger partial charge on any atom is -0.338 e. The van der Waals surface area contributed by atoms with Crippen LogP contribution in [0.15, 0.2) is 4.52 Å². The molecule has 1 aliphatic rings. The fourth-order valence-corrected chi connectivity index (χ4v) is 1.05. The molecule has 62 valence electrons. The number of hydrogen-bond donors (Lipinski definition) is 0. The zero-order chi connectivity index (χ0) is 8.60. The van der Waals surface area contributed by atoms with Gasteiger partial charge in [-0.1, -0.05) is 12.1 Å². The van der Waals surface area contributed by atoms with E-state index in [0.29, 0.717) is 5.89 Å². The van der Waals surface area contributed by atoms with E-state index in [4.69, 9.17) is 9.78 Å². The van der Waals surface area contributed by atoms with E-state index >= 15 is 0 Å². The summed E-state index contributed by atoms with van der Waals surface area (Å²) in [7, 11) is 0. The van der Waals surface area contributed by atoms with Crippen LogP contribution in [-0.4, -0.2) is 10.1 Å². The molecule has 4 heteroatoms. The first-order chi connectivity index (χ1) is 5.74. The third-order valence-corrected chi connectivity index (χ3v) is 2.24. The van der Waals surface area contributed by atoms with Crippen molar-refractivity contribution in [1.29, 1.82) is 5.26 Å². The van der Waals surface area contributed by atoms with Crippen LogP contribution >= 0.6 is 0 Å². The minimum absolute atomic E-state index is 0.136. The quantitative estimate of drug-likeness (QED) is 0.656. The van der Waals surface area contributed by atoms with Crippen molar-refractivity contribution in [3.8, 4) is 6.07 Å². The molecule has 0 radical (unpaired) electrons. The first kappa shape index (κ1) is 7.29. The molecule has 0 saturated heterocycles. The Morgan fingerprint density at radius 3 is 3.00 bits per heavy atom. The first-order valence-electron chi connectivity index (χ1n) is 3.95. The van der Waals surface area contributed by atoms with Gasteiger partial charge in [-0.05, 0) is 12.8 Å². The minimum atomic E-state index is 0.136. The van der Waals surface area contributed by atoms with Crippen molar-refractivity contribution in [3.63, 3.8) is 0 Å². The van der Waals surface area contributed by atoms with Gasteiger partial charge >= 0.3 is 0 Å². The molecule has 0 aromatic carbocycles. The van der Waals surface area contributed by atoms with Gasteiger partial charge in [0, 0.05) is 5.41 Å². The summed E-state index contributed by atoms with van der Waals surface area (Å²) in [5.74, 6) is 1.19. The largest absolute Gasteiger partial charge is 0.338 e. The monoisotopic (exact) mass is 163 g/mol. The summed E-state index contributed by atoms with van der Waals surface area (Å²) in [4.78, 5) is 4.13. The second-order valence-electron chi connectivity index (χ2n) is 3.41. The van der Waals surface area contributed by atoms with Crippen LogP contribution in [0.3, 0.4) is 0 Å². The van der Waals surface area contributed by atoms with E-state index in [9.17, 15) is 0 Å². The van der Waals surface area contributed by atoms with Crippen molar-refractivity contribution in [2.45, 2.75) is 31.6 Å². The van der Waals surface area contributed by atoms with Gasteiger partial charge < -0.3 is 4.52 Å². The molecule has 0 N–H and O–H groups in total. The molecule has 1 aromatic rings. The second-order valence-corrected chi connectivity index (χ2v) is 3.41. The summed E-state index contributed by atoms with van der Waals surface area (Å²) in [5.41, 5.74) is 0.136. The molecule has 1 aliphatic carbocycles. The van der Waals surface area contributed by atoms with Crippen molar-refractivity contribution in [2.75, 3.05) is 0 Å². The topological polar surface area (TPSA) is 62.7 Å². The van der Waals surface area contributed by atoms with Crippen molar-refractivity contribution < 1.29 is 4.52 Å². The third-order valence-electron chi connectivity index (χ3n) is 2.24. The fourth-order valence-electron chi connectivity index (χ4n) is 1.05. The van der Waals surface area contributed by atoms with E-state index in [2.05, 4.69) is 17.1 Å². The van der Waals surface area contributed by atoms with Gasteiger partial charge in [0.25, 0.3) is 0 Å². The van der Waals surface area contributed by atoms with Gasteiger partial charge in [0.05, 0.1) is 6.07 Å². The Morgan fingerprint density at radius 1 is 1.67 bits per heavy atom. The lowest BCUT2D eigenvalue weighted by Gasteiger charge is -1.96. The Hall–Kier alpha value is -1.37. The highest BCUT2D eigenvalue weighted by Crippen LogP contribution is 2.45. The highest BCUT2D eigenvalue weighted by Gasteiger charge is 2.43. The highest BCUT2D eigenvalue weighted by molar-refractivity contribution is 5.14. The average Bonchev–Trinajstić information content (AvgIpc) is 2.64. The van der Waals surface area contributed by atoms with Gasteiger partial charge in [-0.2, -0.15) is 10.2 Å². The maximum Gasteiger partial charge on any atom is 0.240 e. The predicted octanol–water partition coefficient (Wildman–Crippen LogP) is 1.19. The molecule has 12 heavy (non-hydrogen) atoms. The molecule has 0 aliphatic heterocycles. The van der Waals surface area contributed by atoms with Crippen LogP contribution in [0.25, 0.3) is 0 Å². The van der Waals surface area contributed by atoms with Gasteiger partial charge in [0.1, 0.15) is 6.42 Å². The van der Waals surface area contributed by atoms with Crippen LogP contribution in [0.1, 0.15) is 31.5 Å². The van der Waals surface area contributed by atoms with E-state index in [1.807, 2.05) is 6.07 Å². The molecule has 1 heterocycles. The average molecular weight is 163 g/mol. The molecule has 1 saturated carbocycles. The highest BCUT2D eigenvalue weighted by atomic mass is 16.5. The van der Waals surface area contributed by atoms with Gasteiger partial charge in [-0.3, -0.25) is 0 Å². The fraction of sp³-hybridized carbons (Fsp3) is 0.625. The van der Waals surface area contributed by atoms with Crippen LogP contribution < -0.4 is 0 Å². The standard InChI is InChI=1S/C8H9N3O/c1-8(3-4-8)7-10-6(2-5-9)12-11-7/h2-4H2,1H3. The summed E-state index contributed by atoms with van der Waals surface area (Å²) >= 11 is 0. The Bertz CT molecular complexity index is 332. The lowest BCUT2D eigenvalue weighted by atomic mass is 10.1. The van der Waals surface area contributed by atoms with Crippen molar-refractivity contribution in [1.82, 2.24) is 10.1 Å². The van der Waals surface area contributed by atoms with Crippen LogP contribution in [-0.2, 0) is 11.8 Å². The maximum absolute atomic E-state index is 8.37. The predicted molar refractivity (Wildman–Crippen MR) is 40.2 cm³/mol. The number of hydrogen-bond acceptors (Lipinski definition) is 4. The number of nitrogens with zero attached hydrogens (tertiary/aromatic N) is 3. The van der Waals surface area contributed by atoms with Crippen LogP contribution in [0.5, 0.6) is 0 Å². The number of rotatable bonds is 2. The Labute approximate surface area is 70.2 Å². The first-order valence-corrected chi connectivity index (χ1v) is 3.95. The lowest BCUT2D eigenvalue weighted by molar-refractivity contribution is 0.377. The van der Waals surface area contributed by atoms with Gasteiger partial charge in [-0.15, -0.1) is 0 Å². The third kappa shape index (κ3) is 1.07. The lowest BCUT2D eigenvalue weighted by Crippen LogP contribution is -2.02. The number of nitriles is 1. The van der Waals surface area contributed by atoms with Gasteiger partial charge in [-0.25, -0.2) is 0 Å². The summed E-state index contributed by atoms with van der Waals surface area (Å²) in [6, 6.07) is 1.97. The van der Waals surface area contributed by atoms with E-state index in [1.54, 1.807) is 0 Å². The van der Waals surface area contributed by atoms with E-state index in [0.717, 1.165) is 18.7 Å². The summed E-state index contributed by atoms with van der Waals surface area (Å²) in [6.07, 6.45) is 2.46. The molecule has 0 bridgehead atoms. The Kier molecular flexibility index (Phi) is 1.40. The van der Waals surface area contributed by atoms with Crippen molar-refractivity contribution >= 4 is 0 Å². The normalized spacial score (nSPS) is 18.7. The Balaban J connectivity index is 2.20. The van der Waals surface area contributed by atoms with Crippen molar-refractivity contribution in [3.05, 3.63) is 11.7 Å². The molecular formula is C8H9N3O. The zero-order valence-corrected chi connectivity index (χ0v) is 6.87. The van der Waals surface area contributed by atoms with Gasteiger partial charge in [0.15, 0.2) is 5.82 Å². The molecule has 1 aromatic heterocycles. The SMILES string of the molecule is CC1(c2noc(CC#N)n2)CC1. The molecule has 0 unspecified atom stereocenters.